The minimum Gasteiger partial charge on any atom is -0.465 e. The fourth-order valence-electron chi connectivity index (χ4n) is 3.41. The lowest BCUT2D eigenvalue weighted by Crippen LogP contribution is -2.41. The van der Waals surface area contributed by atoms with Gasteiger partial charge in [-0.1, -0.05) is 35.3 Å². The fourth-order valence-corrected chi connectivity index (χ4v) is 5.28. The summed E-state index contributed by atoms with van der Waals surface area (Å²) >= 11 is 11.9. The highest BCUT2D eigenvalue weighted by atomic mass is 35.5. The van der Waals surface area contributed by atoms with E-state index in [1.165, 1.54) is 11.4 Å². The number of amides is 1. The monoisotopic (exact) mass is 484 g/mol. The summed E-state index contributed by atoms with van der Waals surface area (Å²) in [5.74, 6) is -1.19. The molecule has 10 heteroatoms. The SMILES string of the molecule is COC(=O)c1cccc(NC(=O)C2CCN(S(=O)(=O)Cc3ccc(Cl)c(Cl)c3)CC2)c1. The normalized spacial score (nSPS) is 15.5. The molecule has 0 saturated carbocycles. The number of methoxy groups -OCH3 is 1. The Balaban J connectivity index is 1.57. The van der Waals surface area contributed by atoms with Gasteiger partial charge in [-0.2, -0.15) is 0 Å². The summed E-state index contributed by atoms with van der Waals surface area (Å²) in [6.45, 7) is 0.508. The molecule has 1 N–H and O–H groups in total. The van der Waals surface area contributed by atoms with Crippen molar-refractivity contribution in [2.45, 2.75) is 18.6 Å². The lowest BCUT2D eigenvalue weighted by molar-refractivity contribution is -0.120. The van der Waals surface area contributed by atoms with Gasteiger partial charge >= 0.3 is 5.97 Å². The zero-order valence-corrected chi connectivity index (χ0v) is 19.1. The van der Waals surface area contributed by atoms with Crippen LogP contribution in [0.1, 0.15) is 28.8 Å². The first kappa shape index (κ1) is 23.5. The molecule has 0 aliphatic carbocycles. The lowest BCUT2D eigenvalue weighted by atomic mass is 9.97. The van der Waals surface area contributed by atoms with E-state index in [1.807, 2.05) is 0 Å². The highest BCUT2D eigenvalue weighted by Gasteiger charge is 2.31. The third-order valence-corrected chi connectivity index (χ3v) is 7.69. The van der Waals surface area contributed by atoms with E-state index in [2.05, 4.69) is 10.1 Å². The van der Waals surface area contributed by atoms with Gasteiger partial charge in [-0.25, -0.2) is 17.5 Å². The zero-order valence-electron chi connectivity index (χ0n) is 16.8. The topological polar surface area (TPSA) is 92.8 Å². The summed E-state index contributed by atoms with van der Waals surface area (Å²) in [5, 5.41) is 3.47. The molecule has 7 nitrogen and oxygen atoms in total. The molecule has 1 aliphatic heterocycles. The first-order valence-corrected chi connectivity index (χ1v) is 12.0. The molecule has 1 amide bonds. The Kier molecular flexibility index (Phi) is 7.59. The molecule has 0 atom stereocenters. The summed E-state index contributed by atoms with van der Waals surface area (Å²) < 4.78 is 31.6. The van der Waals surface area contributed by atoms with Gasteiger partial charge in [0.25, 0.3) is 0 Å². The molecule has 1 fully saturated rings. The van der Waals surface area contributed by atoms with Crippen LogP contribution in [0.4, 0.5) is 5.69 Å². The van der Waals surface area contributed by atoms with E-state index >= 15 is 0 Å². The van der Waals surface area contributed by atoms with Crippen molar-refractivity contribution in [2.24, 2.45) is 5.92 Å². The minimum absolute atomic E-state index is 0.179. The van der Waals surface area contributed by atoms with Crippen LogP contribution in [0.3, 0.4) is 0 Å². The fraction of sp³-hybridized carbons (Fsp3) is 0.333. The standard InChI is InChI=1S/C21H22Cl2N2O5S/c1-30-21(27)16-3-2-4-17(12-16)24-20(26)15-7-9-25(10-8-15)31(28,29)13-14-5-6-18(22)19(23)11-14/h2-6,11-12,15H,7-10,13H2,1H3,(H,24,26). The number of carbonyl (C=O) groups is 2. The van der Waals surface area contributed by atoms with E-state index in [0.717, 1.165) is 0 Å². The van der Waals surface area contributed by atoms with E-state index in [1.54, 1.807) is 42.5 Å². The molecule has 0 unspecified atom stereocenters. The van der Waals surface area contributed by atoms with Crippen molar-refractivity contribution in [2.75, 3.05) is 25.5 Å². The molecule has 2 aromatic rings. The van der Waals surface area contributed by atoms with Gasteiger partial charge in [0.05, 0.1) is 28.5 Å². The first-order valence-electron chi connectivity index (χ1n) is 9.60. The van der Waals surface area contributed by atoms with Gasteiger partial charge in [0.2, 0.25) is 15.9 Å². The maximum Gasteiger partial charge on any atom is 0.337 e. The molecule has 0 bridgehead atoms. The van der Waals surface area contributed by atoms with Crippen LogP contribution in [0.2, 0.25) is 10.0 Å². The van der Waals surface area contributed by atoms with Gasteiger partial charge in [0.1, 0.15) is 0 Å². The second-order valence-corrected chi connectivity index (χ2v) is 10.0. The molecule has 0 radical (unpaired) electrons. The number of hydrogen-bond donors (Lipinski definition) is 1. The molecule has 1 saturated heterocycles. The van der Waals surface area contributed by atoms with E-state index < -0.39 is 16.0 Å². The number of ether oxygens (including phenoxy) is 1. The Bertz CT molecular complexity index is 1080. The predicted molar refractivity (Wildman–Crippen MR) is 120 cm³/mol. The zero-order chi connectivity index (χ0) is 22.6. The number of halogens is 2. The van der Waals surface area contributed by atoms with Crippen molar-refractivity contribution in [3.8, 4) is 0 Å². The van der Waals surface area contributed by atoms with Crippen molar-refractivity contribution in [1.29, 1.82) is 0 Å². The van der Waals surface area contributed by atoms with Crippen LogP contribution in [-0.4, -0.2) is 44.8 Å². The van der Waals surface area contributed by atoms with Crippen molar-refractivity contribution in [3.63, 3.8) is 0 Å². The summed E-state index contributed by atoms with van der Waals surface area (Å²) in [4.78, 5) is 24.3. The van der Waals surface area contributed by atoms with Gasteiger partial charge in [-0.3, -0.25) is 4.79 Å². The molecule has 31 heavy (non-hydrogen) atoms. The van der Waals surface area contributed by atoms with E-state index in [-0.39, 0.29) is 30.7 Å². The van der Waals surface area contributed by atoms with Gasteiger partial charge < -0.3 is 10.1 Å². The second-order valence-electron chi connectivity index (χ2n) is 7.24. The maximum absolute atomic E-state index is 12.8. The summed E-state index contributed by atoms with van der Waals surface area (Å²) in [7, 11) is -2.25. The van der Waals surface area contributed by atoms with E-state index in [9.17, 15) is 18.0 Å². The Labute approximate surface area is 191 Å². The van der Waals surface area contributed by atoms with Gasteiger partial charge in [0, 0.05) is 24.7 Å². The number of esters is 1. The van der Waals surface area contributed by atoms with Crippen molar-refractivity contribution in [3.05, 3.63) is 63.6 Å². The van der Waals surface area contributed by atoms with Crippen LogP contribution in [0.5, 0.6) is 0 Å². The summed E-state index contributed by atoms with van der Waals surface area (Å²) in [6, 6.07) is 11.2. The number of hydrogen-bond acceptors (Lipinski definition) is 5. The van der Waals surface area contributed by atoms with Crippen LogP contribution in [0, 0.1) is 5.92 Å². The van der Waals surface area contributed by atoms with Crippen LogP contribution in [0.25, 0.3) is 0 Å². The minimum atomic E-state index is -3.54. The molecule has 1 heterocycles. The number of carbonyl (C=O) groups excluding carboxylic acids is 2. The molecule has 3 rings (SSSR count). The summed E-state index contributed by atoms with van der Waals surface area (Å²) in [5.41, 5.74) is 1.38. The van der Waals surface area contributed by atoms with Gasteiger partial charge in [0.15, 0.2) is 0 Å². The highest BCUT2D eigenvalue weighted by molar-refractivity contribution is 7.88. The molecule has 166 valence electrons. The Morgan fingerprint density at radius 3 is 2.45 bits per heavy atom. The van der Waals surface area contributed by atoms with Crippen LogP contribution >= 0.6 is 23.2 Å². The quantitative estimate of drug-likeness (QED) is 0.626. The molecule has 1 aliphatic rings. The molecule has 2 aromatic carbocycles. The molecular formula is C21H22Cl2N2O5S. The predicted octanol–water partition coefficient (Wildman–Crippen LogP) is 3.96. The lowest BCUT2D eigenvalue weighted by Gasteiger charge is -2.30. The van der Waals surface area contributed by atoms with Crippen molar-refractivity contribution >= 4 is 50.8 Å². The van der Waals surface area contributed by atoms with Crippen molar-refractivity contribution < 1.29 is 22.7 Å². The van der Waals surface area contributed by atoms with Crippen LogP contribution < -0.4 is 5.32 Å². The maximum atomic E-state index is 12.8. The number of piperidine rings is 1. The highest BCUT2D eigenvalue weighted by Crippen LogP contribution is 2.26. The average molecular weight is 485 g/mol. The van der Waals surface area contributed by atoms with E-state index in [4.69, 9.17) is 23.2 Å². The van der Waals surface area contributed by atoms with Crippen LogP contribution in [-0.2, 0) is 25.3 Å². The third-order valence-electron chi connectivity index (χ3n) is 5.10. The molecule has 0 spiro atoms. The Morgan fingerprint density at radius 1 is 1.10 bits per heavy atom. The summed E-state index contributed by atoms with van der Waals surface area (Å²) in [6.07, 6.45) is 0.812. The molecule has 0 aromatic heterocycles. The van der Waals surface area contributed by atoms with E-state index in [0.29, 0.717) is 39.7 Å². The van der Waals surface area contributed by atoms with Crippen LogP contribution in [0.15, 0.2) is 42.5 Å². The average Bonchev–Trinajstić information content (AvgIpc) is 2.76. The van der Waals surface area contributed by atoms with Gasteiger partial charge in [-0.15, -0.1) is 0 Å². The number of benzene rings is 2. The number of nitrogens with zero attached hydrogens (tertiary/aromatic N) is 1. The largest absolute Gasteiger partial charge is 0.465 e. The van der Waals surface area contributed by atoms with Crippen molar-refractivity contribution in [1.82, 2.24) is 4.31 Å². The smallest absolute Gasteiger partial charge is 0.337 e. The molecular weight excluding hydrogens is 463 g/mol. The number of rotatable bonds is 6. The number of anilines is 1. The first-order chi connectivity index (χ1) is 14.7. The Morgan fingerprint density at radius 2 is 1.81 bits per heavy atom. The number of nitrogens with one attached hydrogen (secondary N) is 1. The second kappa shape index (κ2) is 9.99. The Hall–Kier alpha value is -2.13. The number of sulfonamides is 1. The third kappa shape index (κ3) is 5.98. The van der Waals surface area contributed by atoms with Gasteiger partial charge in [-0.05, 0) is 48.7 Å².